The Bertz CT molecular complexity index is 493. The zero-order valence-corrected chi connectivity index (χ0v) is 13.9. The lowest BCUT2D eigenvalue weighted by atomic mass is 9.84. The minimum Gasteiger partial charge on any atom is -0.349 e. The van der Waals surface area contributed by atoms with Crippen molar-refractivity contribution in [2.75, 3.05) is 19.6 Å². The van der Waals surface area contributed by atoms with Gasteiger partial charge in [0.05, 0.1) is 6.04 Å². The normalized spacial score (nSPS) is 21.6. The van der Waals surface area contributed by atoms with E-state index in [1.54, 1.807) is 0 Å². The largest absolute Gasteiger partial charge is 0.349 e. The third-order valence-corrected chi connectivity index (χ3v) is 5.36. The lowest BCUT2D eigenvalue weighted by molar-refractivity contribution is -0.128. The number of benzene rings is 1. The first kappa shape index (κ1) is 16.5. The summed E-state index contributed by atoms with van der Waals surface area (Å²) in [5, 5.41) is 3.29. The molecule has 1 aliphatic heterocycles. The van der Waals surface area contributed by atoms with Crippen LogP contribution >= 0.6 is 0 Å². The van der Waals surface area contributed by atoms with E-state index in [2.05, 4.69) is 34.5 Å². The third-order valence-electron chi connectivity index (χ3n) is 5.36. The van der Waals surface area contributed by atoms with Gasteiger partial charge in [-0.25, -0.2) is 0 Å². The minimum absolute atomic E-state index is 0.125. The Hall–Kier alpha value is -1.39. The lowest BCUT2D eigenvalue weighted by Gasteiger charge is -2.32. The first-order valence-electron chi connectivity index (χ1n) is 9.05. The molecule has 0 spiro atoms. The molecule has 0 radical (unpaired) electrons. The van der Waals surface area contributed by atoms with E-state index in [1.807, 2.05) is 6.07 Å². The molecule has 0 unspecified atom stereocenters. The summed E-state index contributed by atoms with van der Waals surface area (Å²) in [6.45, 7) is 3.19. The molecule has 4 heteroatoms. The molecule has 0 bridgehead atoms. The van der Waals surface area contributed by atoms with E-state index < -0.39 is 0 Å². The zero-order valence-electron chi connectivity index (χ0n) is 13.9. The van der Waals surface area contributed by atoms with Crippen LogP contribution < -0.4 is 11.1 Å². The second-order valence-corrected chi connectivity index (χ2v) is 7.07. The summed E-state index contributed by atoms with van der Waals surface area (Å²) in [4.78, 5) is 14.8. The molecular weight excluding hydrogens is 286 g/mol. The first-order valence-corrected chi connectivity index (χ1v) is 9.05. The fourth-order valence-corrected chi connectivity index (χ4v) is 3.46. The van der Waals surface area contributed by atoms with Crippen LogP contribution in [0.4, 0.5) is 0 Å². The molecule has 1 aliphatic carbocycles. The molecule has 1 aromatic carbocycles. The van der Waals surface area contributed by atoms with Gasteiger partial charge in [-0.05, 0) is 50.8 Å². The molecule has 1 saturated heterocycles. The van der Waals surface area contributed by atoms with Gasteiger partial charge >= 0.3 is 0 Å². The molecule has 0 aromatic heterocycles. The predicted octanol–water partition coefficient (Wildman–Crippen LogP) is 2.46. The smallest absolute Gasteiger partial charge is 0.223 e. The summed E-state index contributed by atoms with van der Waals surface area (Å²) in [6, 6.07) is 10.9. The molecule has 3 N–H and O–H groups in total. The average molecular weight is 315 g/mol. The second kappa shape index (κ2) is 7.93. The molecule has 2 fully saturated rings. The van der Waals surface area contributed by atoms with Gasteiger partial charge in [0.2, 0.25) is 5.91 Å². The van der Waals surface area contributed by atoms with Crippen molar-refractivity contribution >= 4 is 5.91 Å². The van der Waals surface area contributed by atoms with Gasteiger partial charge < -0.3 is 16.0 Å². The number of hydrogen-bond donors (Lipinski definition) is 2. The summed E-state index contributed by atoms with van der Waals surface area (Å²) in [5.74, 6) is 0.486. The summed E-state index contributed by atoms with van der Waals surface area (Å²) in [5.41, 5.74) is 7.20. The van der Waals surface area contributed by atoms with E-state index in [0.717, 1.165) is 51.7 Å². The van der Waals surface area contributed by atoms with Gasteiger partial charge in [0.25, 0.3) is 0 Å². The highest BCUT2D eigenvalue weighted by molar-refractivity contribution is 5.79. The van der Waals surface area contributed by atoms with Gasteiger partial charge in [0, 0.05) is 18.5 Å². The number of likely N-dealkylation sites (tertiary alicyclic amines) is 1. The number of amides is 1. The van der Waals surface area contributed by atoms with Gasteiger partial charge in [-0.2, -0.15) is 0 Å². The lowest BCUT2D eigenvalue weighted by Crippen LogP contribution is -2.42. The van der Waals surface area contributed by atoms with Crippen molar-refractivity contribution in [1.29, 1.82) is 0 Å². The fraction of sp³-hybridized carbons (Fsp3) is 0.632. The monoisotopic (exact) mass is 315 g/mol. The van der Waals surface area contributed by atoms with Gasteiger partial charge in [-0.1, -0.05) is 36.8 Å². The Balaban J connectivity index is 1.57. The maximum Gasteiger partial charge on any atom is 0.223 e. The Kier molecular flexibility index (Phi) is 5.68. The number of nitrogens with zero attached hydrogens (tertiary/aromatic N) is 1. The highest BCUT2D eigenvalue weighted by atomic mass is 16.2. The van der Waals surface area contributed by atoms with E-state index in [9.17, 15) is 4.79 Å². The summed E-state index contributed by atoms with van der Waals surface area (Å²) < 4.78 is 0. The Morgan fingerprint density at radius 1 is 1.17 bits per heavy atom. The number of carbonyl (C=O) groups excluding carboxylic acids is 1. The van der Waals surface area contributed by atoms with E-state index in [4.69, 9.17) is 5.73 Å². The molecule has 1 amide bonds. The van der Waals surface area contributed by atoms with Crippen LogP contribution in [0.3, 0.4) is 0 Å². The quantitative estimate of drug-likeness (QED) is 0.848. The molecule has 2 aliphatic rings. The van der Waals surface area contributed by atoms with Crippen LogP contribution in [0.25, 0.3) is 0 Å². The van der Waals surface area contributed by atoms with Crippen LogP contribution in [-0.4, -0.2) is 36.5 Å². The van der Waals surface area contributed by atoms with Gasteiger partial charge in [-0.3, -0.25) is 4.79 Å². The van der Waals surface area contributed by atoms with Crippen molar-refractivity contribution in [3.8, 4) is 0 Å². The molecule has 1 heterocycles. The van der Waals surface area contributed by atoms with Gasteiger partial charge in [-0.15, -0.1) is 0 Å². The molecule has 3 rings (SSSR count). The van der Waals surface area contributed by atoms with Crippen LogP contribution in [0.1, 0.15) is 50.1 Å². The molecular formula is C19H29N3O. The third kappa shape index (κ3) is 4.55. The zero-order chi connectivity index (χ0) is 16.1. The van der Waals surface area contributed by atoms with Crippen LogP contribution in [0.2, 0.25) is 0 Å². The highest BCUT2D eigenvalue weighted by Gasteiger charge is 2.27. The standard InChI is InChI=1S/C19H29N3O/c20-17-9-12-22(13-10-17)14-11-18(15-5-2-1-3-6-15)21-19(23)16-7-4-8-16/h1-3,5-6,16-18H,4,7-14,20H2,(H,21,23)/t18-/m0/s1. The molecule has 23 heavy (non-hydrogen) atoms. The van der Waals surface area contributed by atoms with Crippen LogP contribution in [0, 0.1) is 5.92 Å². The molecule has 1 aromatic rings. The number of nitrogens with two attached hydrogens (primary N) is 1. The molecule has 1 atom stereocenters. The molecule has 4 nitrogen and oxygen atoms in total. The average Bonchev–Trinajstić information content (AvgIpc) is 2.52. The number of carbonyl (C=O) groups is 1. The highest BCUT2D eigenvalue weighted by Crippen LogP contribution is 2.28. The first-order chi connectivity index (χ1) is 11.2. The van der Waals surface area contributed by atoms with E-state index in [1.165, 1.54) is 12.0 Å². The van der Waals surface area contributed by atoms with Crippen molar-refractivity contribution in [2.45, 2.75) is 50.6 Å². The van der Waals surface area contributed by atoms with Crippen molar-refractivity contribution in [3.05, 3.63) is 35.9 Å². The van der Waals surface area contributed by atoms with E-state index in [0.29, 0.717) is 6.04 Å². The van der Waals surface area contributed by atoms with Gasteiger partial charge in [0.1, 0.15) is 0 Å². The van der Waals surface area contributed by atoms with Crippen molar-refractivity contribution < 1.29 is 4.79 Å². The predicted molar refractivity (Wildman–Crippen MR) is 92.9 cm³/mol. The number of rotatable bonds is 6. The van der Waals surface area contributed by atoms with E-state index in [-0.39, 0.29) is 17.9 Å². The van der Waals surface area contributed by atoms with Crippen LogP contribution in [-0.2, 0) is 4.79 Å². The summed E-state index contributed by atoms with van der Waals surface area (Å²) >= 11 is 0. The fourth-order valence-electron chi connectivity index (χ4n) is 3.46. The maximum atomic E-state index is 12.4. The number of hydrogen-bond acceptors (Lipinski definition) is 3. The van der Waals surface area contributed by atoms with Gasteiger partial charge in [0.15, 0.2) is 0 Å². The summed E-state index contributed by atoms with van der Waals surface area (Å²) in [7, 11) is 0. The molecule has 126 valence electrons. The Labute approximate surface area is 139 Å². The SMILES string of the molecule is NC1CCN(CC[C@H](NC(=O)C2CCC2)c2ccccc2)CC1. The maximum absolute atomic E-state index is 12.4. The topological polar surface area (TPSA) is 58.4 Å². The van der Waals surface area contributed by atoms with Crippen molar-refractivity contribution in [3.63, 3.8) is 0 Å². The second-order valence-electron chi connectivity index (χ2n) is 7.07. The number of piperidine rings is 1. The van der Waals surface area contributed by atoms with Crippen molar-refractivity contribution in [1.82, 2.24) is 10.2 Å². The Morgan fingerprint density at radius 3 is 2.48 bits per heavy atom. The van der Waals surface area contributed by atoms with Crippen LogP contribution in [0.15, 0.2) is 30.3 Å². The van der Waals surface area contributed by atoms with Crippen LogP contribution in [0.5, 0.6) is 0 Å². The summed E-state index contributed by atoms with van der Waals surface area (Å²) in [6.07, 6.45) is 6.45. The number of nitrogens with one attached hydrogen (secondary N) is 1. The Morgan fingerprint density at radius 2 is 1.87 bits per heavy atom. The minimum atomic E-state index is 0.125. The molecule has 1 saturated carbocycles. The van der Waals surface area contributed by atoms with Crippen molar-refractivity contribution in [2.24, 2.45) is 11.7 Å². The van der Waals surface area contributed by atoms with E-state index >= 15 is 0 Å².